The van der Waals surface area contributed by atoms with Crippen LogP contribution >= 0.6 is 0 Å². The van der Waals surface area contributed by atoms with Crippen LogP contribution in [0.25, 0.3) is 32.7 Å². The molecule has 1 aliphatic heterocycles. The van der Waals surface area contributed by atoms with Crippen LogP contribution in [0.5, 0.6) is 11.5 Å². The second-order valence-electron chi connectivity index (χ2n) is 5.42. The molecule has 1 aliphatic rings. The third-order valence-corrected chi connectivity index (χ3v) is 4.24. The van der Waals surface area contributed by atoms with Crippen molar-refractivity contribution in [2.45, 2.75) is 0 Å². The van der Waals surface area contributed by atoms with Crippen LogP contribution in [0.4, 0.5) is 0 Å². The fraction of sp³-hybridized carbons (Fsp3) is 0. The summed E-state index contributed by atoms with van der Waals surface area (Å²) >= 11 is 0. The summed E-state index contributed by atoms with van der Waals surface area (Å²) in [6, 6.07) is 25.4. The van der Waals surface area contributed by atoms with Crippen molar-refractivity contribution in [1.29, 1.82) is 0 Å². The second-order valence-corrected chi connectivity index (χ2v) is 5.42. The van der Waals surface area contributed by atoms with Gasteiger partial charge in [0.2, 0.25) is 0 Å². The van der Waals surface area contributed by atoms with Gasteiger partial charge in [0, 0.05) is 10.9 Å². The summed E-state index contributed by atoms with van der Waals surface area (Å²) in [7, 11) is 0. The van der Waals surface area contributed by atoms with Gasteiger partial charge >= 0.3 is 0 Å². The third kappa shape index (κ3) is 1.40. The molecule has 1 heteroatoms. The van der Waals surface area contributed by atoms with Gasteiger partial charge < -0.3 is 4.74 Å². The van der Waals surface area contributed by atoms with Crippen LogP contribution < -0.4 is 4.74 Å². The molecule has 0 spiro atoms. The summed E-state index contributed by atoms with van der Waals surface area (Å²) in [6.07, 6.45) is 0. The molecule has 0 saturated heterocycles. The molecule has 1 nitrogen and oxygen atoms in total. The summed E-state index contributed by atoms with van der Waals surface area (Å²) in [5.41, 5.74) is 2.44. The highest BCUT2D eigenvalue weighted by Gasteiger charge is 2.20. The van der Waals surface area contributed by atoms with E-state index in [1.165, 1.54) is 32.7 Å². The number of rotatable bonds is 0. The number of fused-ring (bicyclic) bond motifs is 4. The zero-order valence-electron chi connectivity index (χ0n) is 11.3. The van der Waals surface area contributed by atoms with E-state index in [2.05, 4.69) is 60.7 Å². The van der Waals surface area contributed by atoms with Crippen molar-refractivity contribution in [3.8, 4) is 22.6 Å². The monoisotopic (exact) mass is 268 g/mol. The standard InChI is InChI=1S/C20H12O/c1-2-7-14-13(6-1)12-17-15-8-3-4-10-18(15)21-19-11-5-9-16(14)20(17)19/h1-12H. The highest BCUT2D eigenvalue weighted by atomic mass is 16.5. The number of ether oxygens (including phenoxy) is 1. The van der Waals surface area contributed by atoms with Crippen molar-refractivity contribution in [3.63, 3.8) is 0 Å². The maximum absolute atomic E-state index is 6.10. The van der Waals surface area contributed by atoms with Crippen LogP contribution in [0, 0.1) is 0 Å². The van der Waals surface area contributed by atoms with E-state index in [0.717, 1.165) is 11.5 Å². The van der Waals surface area contributed by atoms with Crippen molar-refractivity contribution in [1.82, 2.24) is 0 Å². The molecule has 0 aromatic heterocycles. The van der Waals surface area contributed by atoms with E-state index in [-0.39, 0.29) is 0 Å². The lowest BCUT2D eigenvalue weighted by molar-refractivity contribution is 0.487. The summed E-state index contributed by atoms with van der Waals surface area (Å²) < 4.78 is 6.10. The van der Waals surface area contributed by atoms with E-state index in [1.54, 1.807) is 0 Å². The summed E-state index contributed by atoms with van der Waals surface area (Å²) in [6.45, 7) is 0. The van der Waals surface area contributed by atoms with Crippen LogP contribution in [-0.2, 0) is 0 Å². The maximum atomic E-state index is 6.10. The Morgan fingerprint density at radius 3 is 2.33 bits per heavy atom. The Hall–Kier alpha value is -2.80. The highest BCUT2D eigenvalue weighted by Crippen LogP contribution is 2.48. The SMILES string of the molecule is c1ccc2c(c1)Oc1cccc3c1c-2cc1ccccc13. The Kier molecular flexibility index (Phi) is 2.01. The smallest absolute Gasteiger partial charge is 0.135 e. The molecule has 0 atom stereocenters. The first-order valence-corrected chi connectivity index (χ1v) is 7.13. The van der Waals surface area contributed by atoms with Gasteiger partial charge in [-0.15, -0.1) is 0 Å². The van der Waals surface area contributed by atoms with Gasteiger partial charge in [0.15, 0.2) is 0 Å². The zero-order valence-corrected chi connectivity index (χ0v) is 11.3. The quantitative estimate of drug-likeness (QED) is 0.324. The number of benzene rings is 4. The molecule has 98 valence electrons. The number of hydrogen-bond donors (Lipinski definition) is 0. The molecule has 0 bridgehead atoms. The normalized spacial score (nSPS) is 12.2. The lowest BCUT2D eigenvalue weighted by Crippen LogP contribution is -1.97. The van der Waals surface area contributed by atoms with Gasteiger partial charge in [0.1, 0.15) is 11.5 Å². The molecule has 0 fully saturated rings. The van der Waals surface area contributed by atoms with Crippen LogP contribution in [0.3, 0.4) is 0 Å². The van der Waals surface area contributed by atoms with Crippen LogP contribution in [0.2, 0.25) is 0 Å². The van der Waals surface area contributed by atoms with Crippen LogP contribution in [0.1, 0.15) is 0 Å². The average Bonchev–Trinajstić information content (AvgIpc) is 2.55. The predicted octanol–water partition coefficient (Wildman–Crippen LogP) is 5.77. The summed E-state index contributed by atoms with van der Waals surface area (Å²) in [4.78, 5) is 0. The van der Waals surface area contributed by atoms with E-state index in [0.29, 0.717) is 0 Å². The highest BCUT2D eigenvalue weighted by molar-refractivity contribution is 6.17. The van der Waals surface area contributed by atoms with Gasteiger partial charge in [-0.3, -0.25) is 0 Å². The molecule has 0 N–H and O–H groups in total. The van der Waals surface area contributed by atoms with Gasteiger partial charge in [-0.1, -0.05) is 54.6 Å². The minimum atomic E-state index is 0.938. The van der Waals surface area contributed by atoms with Crippen molar-refractivity contribution in [3.05, 3.63) is 72.8 Å². The first-order chi connectivity index (χ1) is 10.4. The summed E-state index contributed by atoms with van der Waals surface area (Å²) in [5.74, 6) is 1.89. The molecule has 0 aliphatic carbocycles. The summed E-state index contributed by atoms with van der Waals surface area (Å²) in [5, 5.41) is 5.03. The fourth-order valence-electron chi connectivity index (χ4n) is 3.32. The van der Waals surface area contributed by atoms with Gasteiger partial charge in [-0.25, -0.2) is 0 Å². The molecule has 1 heterocycles. The van der Waals surface area contributed by atoms with Gasteiger partial charge in [0.25, 0.3) is 0 Å². The van der Waals surface area contributed by atoms with Crippen LogP contribution in [0.15, 0.2) is 72.8 Å². The van der Waals surface area contributed by atoms with Gasteiger partial charge in [-0.2, -0.15) is 0 Å². The van der Waals surface area contributed by atoms with Crippen LogP contribution in [-0.4, -0.2) is 0 Å². The Balaban J connectivity index is 2.07. The van der Waals surface area contributed by atoms with E-state index in [1.807, 2.05) is 12.1 Å². The topological polar surface area (TPSA) is 9.23 Å². The van der Waals surface area contributed by atoms with Gasteiger partial charge in [0.05, 0.1) is 0 Å². The van der Waals surface area contributed by atoms with Gasteiger partial charge in [-0.05, 0) is 39.9 Å². The third-order valence-electron chi connectivity index (χ3n) is 4.24. The first kappa shape index (κ1) is 10.9. The number of para-hydroxylation sites is 1. The fourth-order valence-corrected chi connectivity index (χ4v) is 3.32. The molecule has 0 radical (unpaired) electrons. The molecule has 21 heavy (non-hydrogen) atoms. The van der Waals surface area contributed by atoms with Crippen molar-refractivity contribution >= 4 is 21.5 Å². The predicted molar refractivity (Wildman–Crippen MR) is 87.0 cm³/mol. The Labute approximate surface area is 122 Å². The molecule has 0 unspecified atom stereocenters. The molecular weight excluding hydrogens is 256 g/mol. The molecule has 4 aromatic carbocycles. The van der Waals surface area contributed by atoms with E-state index in [4.69, 9.17) is 4.74 Å². The van der Waals surface area contributed by atoms with Crippen molar-refractivity contribution < 1.29 is 4.74 Å². The Bertz CT molecular complexity index is 1010. The number of hydrogen-bond acceptors (Lipinski definition) is 1. The minimum absolute atomic E-state index is 0.938. The van der Waals surface area contributed by atoms with Crippen molar-refractivity contribution in [2.75, 3.05) is 0 Å². The largest absolute Gasteiger partial charge is 0.456 e. The molecule has 5 rings (SSSR count). The maximum Gasteiger partial charge on any atom is 0.135 e. The lowest BCUT2D eigenvalue weighted by atomic mass is 9.91. The zero-order chi connectivity index (χ0) is 13.8. The van der Waals surface area contributed by atoms with E-state index >= 15 is 0 Å². The van der Waals surface area contributed by atoms with E-state index < -0.39 is 0 Å². The molecule has 0 saturated carbocycles. The average molecular weight is 268 g/mol. The minimum Gasteiger partial charge on any atom is -0.456 e. The first-order valence-electron chi connectivity index (χ1n) is 7.13. The van der Waals surface area contributed by atoms with E-state index in [9.17, 15) is 0 Å². The molecule has 0 amide bonds. The second kappa shape index (κ2) is 3.86. The Morgan fingerprint density at radius 2 is 1.33 bits per heavy atom. The molecule has 4 aromatic rings. The molecular formula is C20H12O. The Morgan fingerprint density at radius 1 is 0.571 bits per heavy atom. The van der Waals surface area contributed by atoms with Crippen molar-refractivity contribution in [2.24, 2.45) is 0 Å². The lowest BCUT2D eigenvalue weighted by Gasteiger charge is -2.22.